The van der Waals surface area contributed by atoms with Crippen LogP contribution in [-0.2, 0) is 16.9 Å². The molecule has 2 heterocycles. The molecule has 1 aromatic rings. The highest BCUT2D eigenvalue weighted by Gasteiger charge is 2.46. The summed E-state index contributed by atoms with van der Waals surface area (Å²) in [5, 5.41) is 0. The zero-order chi connectivity index (χ0) is 11.9. The standard InChI is InChI=1S/C13H17N3O/c1-2-16-12(14)15-8-13(16)9-17-7-10-5-3-4-6-11(10)13/h3-6H,2,7-9H2,1H3,(H2,14,15). The molecule has 0 fully saturated rings. The van der Waals surface area contributed by atoms with E-state index in [0.717, 1.165) is 6.54 Å². The molecule has 1 unspecified atom stereocenters. The Morgan fingerprint density at radius 1 is 1.47 bits per heavy atom. The summed E-state index contributed by atoms with van der Waals surface area (Å²) in [5.41, 5.74) is 8.37. The number of likely N-dealkylation sites (N-methyl/N-ethyl adjacent to an activating group) is 1. The maximum atomic E-state index is 5.97. The minimum absolute atomic E-state index is 0.173. The number of hydrogen-bond donors (Lipinski definition) is 1. The monoisotopic (exact) mass is 231 g/mol. The zero-order valence-electron chi connectivity index (χ0n) is 10.0. The number of nitrogens with zero attached hydrogens (tertiary/aromatic N) is 2. The van der Waals surface area contributed by atoms with E-state index in [9.17, 15) is 0 Å². The highest BCUT2D eigenvalue weighted by molar-refractivity contribution is 5.81. The summed E-state index contributed by atoms with van der Waals surface area (Å²) in [5.74, 6) is 0.632. The van der Waals surface area contributed by atoms with Crippen molar-refractivity contribution in [2.24, 2.45) is 10.7 Å². The molecule has 90 valence electrons. The molecule has 0 amide bonds. The quantitative estimate of drug-likeness (QED) is 0.786. The van der Waals surface area contributed by atoms with E-state index in [4.69, 9.17) is 10.5 Å². The fraction of sp³-hybridized carbons (Fsp3) is 0.462. The van der Waals surface area contributed by atoms with Crippen molar-refractivity contribution in [3.63, 3.8) is 0 Å². The van der Waals surface area contributed by atoms with E-state index in [-0.39, 0.29) is 5.54 Å². The molecule has 2 N–H and O–H groups in total. The second-order valence-corrected chi connectivity index (χ2v) is 4.60. The van der Waals surface area contributed by atoms with Crippen molar-refractivity contribution in [3.05, 3.63) is 35.4 Å². The first-order valence-corrected chi connectivity index (χ1v) is 6.01. The third-order valence-corrected chi connectivity index (χ3v) is 3.73. The van der Waals surface area contributed by atoms with Crippen LogP contribution in [0.2, 0.25) is 0 Å². The summed E-state index contributed by atoms with van der Waals surface area (Å²) in [6.45, 7) is 5.01. The molecule has 4 nitrogen and oxygen atoms in total. The second-order valence-electron chi connectivity index (χ2n) is 4.60. The highest BCUT2D eigenvalue weighted by atomic mass is 16.5. The third-order valence-electron chi connectivity index (χ3n) is 3.73. The number of rotatable bonds is 1. The lowest BCUT2D eigenvalue weighted by Crippen LogP contribution is -2.53. The average Bonchev–Trinajstić information content (AvgIpc) is 2.67. The smallest absolute Gasteiger partial charge is 0.192 e. The van der Waals surface area contributed by atoms with Crippen molar-refractivity contribution >= 4 is 5.96 Å². The van der Waals surface area contributed by atoms with E-state index in [0.29, 0.717) is 25.7 Å². The van der Waals surface area contributed by atoms with Crippen LogP contribution in [0.25, 0.3) is 0 Å². The fourth-order valence-corrected chi connectivity index (χ4v) is 2.93. The molecule has 1 atom stereocenters. The summed E-state index contributed by atoms with van der Waals surface area (Å²) in [6.07, 6.45) is 0. The molecule has 2 aliphatic rings. The predicted molar refractivity (Wildman–Crippen MR) is 66.6 cm³/mol. The lowest BCUT2D eigenvalue weighted by atomic mass is 9.84. The van der Waals surface area contributed by atoms with Gasteiger partial charge >= 0.3 is 0 Å². The van der Waals surface area contributed by atoms with Crippen LogP contribution in [0.5, 0.6) is 0 Å². The van der Waals surface area contributed by atoms with Gasteiger partial charge in [-0.1, -0.05) is 24.3 Å². The minimum atomic E-state index is -0.173. The molecule has 0 aromatic heterocycles. The van der Waals surface area contributed by atoms with Crippen LogP contribution < -0.4 is 5.73 Å². The highest BCUT2D eigenvalue weighted by Crippen LogP contribution is 2.38. The Kier molecular flexibility index (Phi) is 2.33. The van der Waals surface area contributed by atoms with Gasteiger partial charge in [-0.25, -0.2) is 0 Å². The second kappa shape index (κ2) is 3.74. The van der Waals surface area contributed by atoms with Crippen molar-refractivity contribution in [2.45, 2.75) is 19.1 Å². The molecule has 1 spiro atoms. The molecular weight excluding hydrogens is 214 g/mol. The molecule has 4 heteroatoms. The van der Waals surface area contributed by atoms with Crippen molar-refractivity contribution in [1.29, 1.82) is 0 Å². The average molecular weight is 231 g/mol. The van der Waals surface area contributed by atoms with Gasteiger partial charge in [-0.3, -0.25) is 4.99 Å². The maximum Gasteiger partial charge on any atom is 0.192 e. The SMILES string of the molecule is CCN1C(N)=NCC12COCc1ccccc12. The molecule has 0 saturated heterocycles. The van der Waals surface area contributed by atoms with E-state index in [1.54, 1.807) is 0 Å². The molecule has 17 heavy (non-hydrogen) atoms. The Labute approximate surface area is 101 Å². The fourth-order valence-electron chi connectivity index (χ4n) is 2.93. The first-order chi connectivity index (χ1) is 8.28. The molecular formula is C13H17N3O. The first-order valence-electron chi connectivity index (χ1n) is 6.01. The molecule has 0 bridgehead atoms. The van der Waals surface area contributed by atoms with Crippen LogP contribution in [0.4, 0.5) is 0 Å². The summed E-state index contributed by atoms with van der Waals surface area (Å²) >= 11 is 0. The van der Waals surface area contributed by atoms with Gasteiger partial charge in [0.15, 0.2) is 5.96 Å². The molecule has 1 aromatic carbocycles. The Hall–Kier alpha value is -1.55. The van der Waals surface area contributed by atoms with E-state index < -0.39 is 0 Å². The van der Waals surface area contributed by atoms with Gasteiger partial charge in [0, 0.05) is 6.54 Å². The van der Waals surface area contributed by atoms with Gasteiger partial charge in [-0.15, -0.1) is 0 Å². The largest absolute Gasteiger partial charge is 0.374 e. The Morgan fingerprint density at radius 2 is 2.29 bits per heavy atom. The van der Waals surface area contributed by atoms with E-state index in [1.807, 2.05) is 0 Å². The molecule has 2 aliphatic heterocycles. The molecule has 0 aliphatic carbocycles. The van der Waals surface area contributed by atoms with Crippen LogP contribution in [-0.4, -0.2) is 30.6 Å². The van der Waals surface area contributed by atoms with Gasteiger partial charge in [-0.2, -0.15) is 0 Å². The minimum Gasteiger partial charge on any atom is -0.374 e. The number of hydrogen-bond acceptors (Lipinski definition) is 4. The zero-order valence-corrected chi connectivity index (χ0v) is 10.0. The van der Waals surface area contributed by atoms with Gasteiger partial charge in [-0.05, 0) is 18.1 Å². The number of nitrogens with two attached hydrogens (primary N) is 1. The van der Waals surface area contributed by atoms with Crippen LogP contribution in [0.15, 0.2) is 29.3 Å². The Morgan fingerprint density at radius 3 is 3.12 bits per heavy atom. The summed E-state index contributed by atoms with van der Waals surface area (Å²) in [6, 6.07) is 8.43. The lowest BCUT2D eigenvalue weighted by Gasteiger charge is -2.42. The van der Waals surface area contributed by atoms with Gasteiger partial charge < -0.3 is 15.4 Å². The van der Waals surface area contributed by atoms with Crippen LogP contribution >= 0.6 is 0 Å². The molecule has 0 radical (unpaired) electrons. The summed E-state index contributed by atoms with van der Waals surface area (Å²) in [7, 11) is 0. The number of benzene rings is 1. The number of fused-ring (bicyclic) bond motifs is 2. The Balaban J connectivity index is 2.11. The first kappa shape index (κ1) is 10.6. The number of aliphatic imine (C=N–C) groups is 1. The predicted octanol–water partition coefficient (Wildman–Crippen LogP) is 1.06. The van der Waals surface area contributed by atoms with Gasteiger partial charge in [0.1, 0.15) is 5.54 Å². The van der Waals surface area contributed by atoms with Crippen molar-refractivity contribution in [3.8, 4) is 0 Å². The topological polar surface area (TPSA) is 50.8 Å². The number of ether oxygens (including phenoxy) is 1. The van der Waals surface area contributed by atoms with Gasteiger partial charge in [0.2, 0.25) is 0 Å². The summed E-state index contributed by atoms with van der Waals surface area (Å²) in [4.78, 5) is 6.56. The van der Waals surface area contributed by atoms with Crippen LogP contribution in [0, 0.1) is 0 Å². The van der Waals surface area contributed by atoms with Gasteiger partial charge in [0.25, 0.3) is 0 Å². The normalized spacial score (nSPS) is 27.1. The van der Waals surface area contributed by atoms with Crippen molar-refractivity contribution in [1.82, 2.24) is 4.90 Å². The third kappa shape index (κ3) is 1.37. The van der Waals surface area contributed by atoms with Crippen molar-refractivity contribution in [2.75, 3.05) is 19.7 Å². The van der Waals surface area contributed by atoms with Crippen LogP contribution in [0.3, 0.4) is 0 Å². The summed E-state index contributed by atoms with van der Waals surface area (Å²) < 4.78 is 5.74. The number of guanidine groups is 1. The lowest BCUT2D eigenvalue weighted by molar-refractivity contribution is 0.00756. The molecule has 3 rings (SSSR count). The van der Waals surface area contributed by atoms with Crippen molar-refractivity contribution < 1.29 is 4.74 Å². The van der Waals surface area contributed by atoms with Crippen LogP contribution in [0.1, 0.15) is 18.1 Å². The van der Waals surface area contributed by atoms with Gasteiger partial charge in [0.05, 0.1) is 19.8 Å². The van der Waals surface area contributed by atoms with E-state index >= 15 is 0 Å². The maximum absolute atomic E-state index is 5.97. The molecule has 0 saturated carbocycles. The Bertz CT molecular complexity index is 471. The van der Waals surface area contributed by atoms with E-state index in [1.165, 1.54) is 11.1 Å². The van der Waals surface area contributed by atoms with E-state index in [2.05, 4.69) is 41.1 Å².